The molecule has 1 saturated heterocycles. The van der Waals surface area contributed by atoms with Gasteiger partial charge in [0.05, 0.1) is 10.4 Å². The van der Waals surface area contributed by atoms with Crippen molar-refractivity contribution in [2.75, 3.05) is 0 Å². The Morgan fingerprint density at radius 3 is 2.47 bits per heavy atom. The molecule has 0 saturated carbocycles. The van der Waals surface area contributed by atoms with Gasteiger partial charge in [-0.25, -0.2) is 4.39 Å². The fourth-order valence-corrected chi connectivity index (χ4v) is 2.95. The minimum absolute atomic E-state index is 0.342. The maximum Gasteiger partial charge on any atom is 0.241 e. The van der Waals surface area contributed by atoms with E-state index in [-0.39, 0.29) is 5.91 Å². The predicted molar refractivity (Wildman–Crippen MR) is 67.4 cm³/mol. The molecule has 1 aromatic carbocycles. The van der Waals surface area contributed by atoms with E-state index in [1.807, 2.05) is 0 Å². The number of carbonyl (C=O) groups is 2. The van der Waals surface area contributed by atoms with E-state index in [4.69, 9.17) is 0 Å². The SMILES string of the molecule is Cc1cc(Br)c(F)cc1C1C(=O)NC(=O)C1Br. The van der Waals surface area contributed by atoms with Gasteiger partial charge in [-0.2, -0.15) is 0 Å². The van der Waals surface area contributed by atoms with Crippen LogP contribution >= 0.6 is 31.9 Å². The number of imide groups is 1. The minimum atomic E-state index is -0.676. The van der Waals surface area contributed by atoms with E-state index in [0.717, 1.165) is 5.56 Å². The Kier molecular flexibility index (Phi) is 3.36. The van der Waals surface area contributed by atoms with Gasteiger partial charge in [-0.1, -0.05) is 15.9 Å². The van der Waals surface area contributed by atoms with E-state index in [9.17, 15) is 14.0 Å². The van der Waals surface area contributed by atoms with Gasteiger partial charge in [0.1, 0.15) is 10.6 Å². The molecule has 2 rings (SSSR count). The Balaban J connectivity index is 2.51. The first-order valence-corrected chi connectivity index (χ1v) is 6.57. The monoisotopic (exact) mass is 363 g/mol. The van der Waals surface area contributed by atoms with Gasteiger partial charge in [0, 0.05) is 0 Å². The maximum atomic E-state index is 13.5. The summed E-state index contributed by atoms with van der Waals surface area (Å²) in [5, 5.41) is 2.22. The van der Waals surface area contributed by atoms with Crippen LogP contribution < -0.4 is 5.32 Å². The molecule has 0 spiro atoms. The average molecular weight is 365 g/mol. The minimum Gasteiger partial charge on any atom is -0.295 e. The summed E-state index contributed by atoms with van der Waals surface area (Å²) in [5.74, 6) is -1.91. The highest BCUT2D eigenvalue weighted by Crippen LogP contribution is 2.34. The van der Waals surface area contributed by atoms with Gasteiger partial charge in [0.15, 0.2) is 0 Å². The van der Waals surface area contributed by atoms with Crippen LogP contribution in [0.5, 0.6) is 0 Å². The summed E-state index contributed by atoms with van der Waals surface area (Å²) in [5.41, 5.74) is 1.29. The highest BCUT2D eigenvalue weighted by Gasteiger charge is 2.41. The van der Waals surface area contributed by atoms with Crippen LogP contribution in [0.4, 0.5) is 4.39 Å². The Morgan fingerprint density at radius 1 is 1.29 bits per heavy atom. The van der Waals surface area contributed by atoms with Gasteiger partial charge in [0.25, 0.3) is 0 Å². The second-order valence-electron chi connectivity index (χ2n) is 3.86. The molecule has 1 aliphatic rings. The van der Waals surface area contributed by atoms with Crippen LogP contribution in [0.15, 0.2) is 16.6 Å². The molecule has 1 aliphatic heterocycles. The number of aryl methyl sites for hydroxylation is 1. The van der Waals surface area contributed by atoms with Gasteiger partial charge in [0.2, 0.25) is 11.8 Å². The molecule has 0 bridgehead atoms. The summed E-state index contributed by atoms with van der Waals surface area (Å²) < 4.78 is 13.8. The molecular formula is C11H8Br2FNO2. The van der Waals surface area contributed by atoms with E-state index >= 15 is 0 Å². The molecule has 2 amide bonds. The molecule has 1 heterocycles. The fourth-order valence-electron chi connectivity index (χ4n) is 1.85. The van der Waals surface area contributed by atoms with Crippen LogP contribution in [0.3, 0.4) is 0 Å². The lowest BCUT2D eigenvalue weighted by molar-refractivity contribution is -0.125. The van der Waals surface area contributed by atoms with Crippen molar-refractivity contribution >= 4 is 43.7 Å². The number of hydrogen-bond acceptors (Lipinski definition) is 2. The van der Waals surface area contributed by atoms with Crippen molar-refractivity contribution in [1.29, 1.82) is 0 Å². The van der Waals surface area contributed by atoms with Crippen LogP contribution in [-0.2, 0) is 9.59 Å². The number of amides is 2. The quantitative estimate of drug-likeness (QED) is 0.614. The molecule has 0 aromatic heterocycles. The largest absolute Gasteiger partial charge is 0.295 e. The van der Waals surface area contributed by atoms with Crippen molar-refractivity contribution in [1.82, 2.24) is 5.32 Å². The van der Waals surface area contributed by atoms with Gasteiger partial charge in [-0.15, -0.1) is 0 Å². The smallest absolute Gasteiger partial charge is 0.241 e. The van der Waals surface area contributed by atoms with Gasteiger partial charge < -0.3 is 0 Å². The number of benzene rings is 1. The van der Waals surface area contributed by atoms with Crippen LogP contribution in [-0.4, -0.2) is 16.6 Å². The second kappa shape index (κ2) is 4.49. The predicted octanol–water partition coefficient (Wildman–Crippen LogP) is 2.40. The lowest BCUT2D eigenvalue weighted by Crippen LogP contribution is -2.22. The molecule has 0 radical (unpaired) electrons. The normalized spacial score (nSPS) is 24.0. The van der Waals surface area contributed by atoms with E-state index in [0.29, 0.717) is 10.0 Å². The summed E-state index contributed by atoms with van der Waals surface area (Å²) in [6, 6.07) is 2.89. The van der Waals surface area contributed by atoms with Crippen molar-refractivity contribution in [3.05, 3.63) is 33.5 Å². The zero-order valence-electron chi connectivity index (χ0n) is 8.76. The summed E-state index contributed by atoms with van der Waals surface area (Å²) in [6.07, 6.45) is 0. The number of hydrogen-bond donors (Lipinski definition) is 1. The molecule has 3 nitrogen and oxygen atoms in total. The van der Waals surface area contributed by atoms with E-state index in [1.165, 1.54) is 6.07 Å². The molecule has 6 heteroatoms. The van der Waals surface area contributed by atoms with E-state index in [2.05, 4.69) is 37.2 Å². The topological polar surface area (TPSA) is 46.2 Å². The first-order chi connectivity index (χ1) is 7.91. The zero-order chi connectivity index (χ0) is 12.7. The molecule has 17 heavy (non-hydrogen) atoms. The van der Waals surface area contributed by atoms with Crippen molar-refractivity contribution in [3.8, 4) is 0 Å². The van der Waals surface area contributed by atoms with E-state index < -0.39 is 22.5 Å². The van der Waals surface area contributed by atoms with Crippen molar-refractivity contribution in [2.45, 2.75) is 17.7 Å². The second-order valence-corrected chi connectivity index (χ2v) is 5.70. The summed E-state index contributed by atoms with van der Waals surface area (Å²) >= 11 is 6.23. The molecule has 90 valence electrons. The van der Waals surface area contributed by atoms with Crippen molar-refractivity contribution in [3.63, 3.8) is 0 Å². The first kappa shape index (κ1) is 12.7. The van der Waals surface area contributed by atoms with Crippen LogP contribution in [0.25, 0.3) is 0 Å². The summed E-state index contributed by atoms with van der Waals surface area (Å²) in [7, 11) is 0. The molecule has 2 unspecified atom stereocenters. The fraction of sp³-hybridized carbons (Fsp3) is 0.273. The number of rotatable bonds is 1. The molecule has 1 aromatic rings. The number of carbonyl (C=O) groups excluding carboxylic acids is 2. The van der Waals surface area contributed by atoms with Crippen LogP contribution in [0.2, 0.25) is 0 Å². The highest BCUT2D eigenvalue weighted by atomic mass is 79.9. The van der Waals surface area contributed by atoms with Gasteiger partial charge in [-0.3, -0.25) is 14.9 Å². The molecular weight excluding hydrogens is 357 g/mol. The molecule has 2 atom stereocenters. The van der Waals surface area contributed by atoms with E-state index in [1.54, 1.807) is 13.0 Å². The summed E-state index contributed by atoms with van der Waals surface area (Å²) in [4.78, 5) is 22.4. The molecule has 1 N–H and O–H groups in total. The Hall–Kier alpha value is -0.750. The highest BCUT2D eigenvalue weighted by molar-refractivity contribution is 9.10. The zero-order valence-corrected chi connectivity index (χ0v) is 11.9. The van der Waals surface area contributed by atoms with Crippen molar-refractivity contribution in [2.24, 2.45) is 0 Å². The number of halogens is 3. The summed E-state index contributed by atoms with van der Waals surface area (Å²) in [6.45, 7) is 1.77. The first-order valence-electron chi connectivity index (χ1n) is 4.86. The van der Waals surface area contributed by atoms with Crippen LogP contribution in [0.1, 0.15) is 17.0 Å². The lowest BCUT2D eigenvalue weighted by Gasteiger charge is -2.14. The molecule has 1 fully saturated rings. The standard InChI is InChI=1S/C11H8Br2FNO2/c1-4-2-6(12)7(14)3-5(4)8-9(13)11(17)15-10(8)16/h2-3,8-9H,1H3,(H,15,16,17). The third kappa shape index (κ3) is 2.15. The third-order valence-corrected chi connectivity index (χ3v) is 4.27. The Bertz CT molecular complexity index is 518. The Labute approximate surface area is 114 Å². The van der Waals surface area contributed by atoms with Crippen LogP contribution in [0, 0.1) is 12.7 Å². The Morgan fingerprint density at radius 2 is 1.94 bits per heavy atom. The number of alkyl halides is 1. The average Bonchev–Trinajstić information content (AvgIpc) is 2.48. The number of nitrogens with one attached hydrogen (secondary N) is 1. The van der Waals surface area contributed by atoms with Gasteiger partial charge in [-0.05, 0) is 46.1 Å². The van der Waals surface area contributed by atoms with Gasteiger partial charge >= 0.3 is 0 Å². The van der Waals surface area contributed by atoms with Crippen molar-refractivity contribution < 1.29 is 14.0 Å². The molecule has 0 aliphatic carbocycles. The maximum absolute atomic E-state index is 13.5. The third-order valence-electron chi connectivity index (χ3n) is 2.72. The lowest BCUT2D eigenvalue weighted by atomic mass is 9.93.